The van der Waals surface area contributed by atoms with Crippen LogP contribution in [0.2, 0.25) is 0 Å². The van der Waals surface area contributed by atoms with E-state index in [2.05, 4.69) is 10.3 Å². The fourth-order valence-electron chi connectivity index (χ4n) is 2.27. The maximum atomic E-state index is 12.3. The molecule has 25 heavy (non-hydrogen) atoms. The SMILES string of the molecule is COc1cc(/C=C(\C#N)C(=O)NCc2cccnc2)c(OC)cc1C. The number of aryl methyl sites for hydroxylation is 1. The van der Waals surface area contributed by atoms with Gasteiger partial charge in [0.05, 0.1) is 14.2 Å². The molecule has 0 aliphatic rings. The third kappa shape index (κ3) is 4.58. The van der Waals surface area contributed by atoms with E-state index in [1.54, 1.807) is 37.7 Å². The zero-order chi connectivity index (χ0) is 18.2. The van der Waals surface area contributed by atoms with Gasteiger partial charge in [0.25, 0.3) is 5.91 Å². The molecule has 2 rings (SSSR count). The van der Waals surface area contributed by atoms with Crippen LogP contribution in [0.3, 0.4) is 0 Å². The van der Waals surface area contributed by atoms with Crippen molar-refractivity contribution in [1.29, 1.82) is 5.26 Å². The molecule has 128 valence electrons. The molecule has 1 amide bonds. The summed E-state index contributed by atoms with van der Waals surface area (Å²) >= 11 is 0. The van der Waals surface area contributed by atoms with Gasteiger partial charge >= 0.3 is 0 Å². The molecule has 1 heterocycles. The summed E-state index contributed by atoms with van der Waals surface area (Å²) in [6.45, 7) is 2.18. The zero-order valence-electron chi connectivity index (χ0n) is 14.4. The van der Waals surface area contributed by atoms with Gasteiger partial charge < -0.3 is 14.8 Å². The van der Waals surface area contributed by atoms with Crippen molar-refractivity contribution in [3.8, 4) is 17.6 Å². The van der Waals surface area contributed by atoms with Gasteiger partial charge in [0.15, 0.2) is 0 Å². The van der Waals surface area contributed by atoms with Crippen LogP contribution >= 0.6 is 0 Å². The number of benzene rings is 1. The third-order valence-corrected chi connectivity index (χ3v) is 3.59. The smallest absolute Gasteiger partial charge is 0.262 e. The van der Waals surface area contributed by atoms with Crippen LogP contribution in [0.1, 0.15) is 16.7 Å². The highest BCUT2D eigenvalue weighted by Crippen LogP contribution is 2.29. The van der Waals surface area contributed by atoms with Crippen LogP contribution in [0.25, 0.3) is 6.08 Å². The summed E-state index contributed by atoms with van der Waals surface area (Å²) in [7, 11) is 3.10. The number of pyridine rings is 1. The maximum Gasteiger partial charge on any atom is 0.262 e. The number of rotatable bonds is 6. The lowest BCUT2D eigenvalue weighted by Crippen LogP contribution is -2.24. The van der Waals surface area contributed by atoms with Gasteiger partial charge in [-0.05, 0) is 42.3 Å². The highest BCUT2D eigenvalue weighted by Gasteiger charge is 2.12. The molecule has 6 heteroatoms. The molecule has 0 saturated carbocycles. The molecule has 0 atom stereocenters. The van der Waals surface area contributed by atoms with Crippen LogP contribution < -0.4 is 14.8 Å². The van der Waals surface area contributed by atoms with E-state index < -0.39 is 5.91 Å². The van der Waals surface area contributed by atoms with Crippen LogP contribution in [0.5, 0.6) is 11.5 Å². The van der Waals surface area contributed by atoms with Crippen molar-refractivity contribution < 1.29 is 14.3 Å². The van der Waals surface area contributed by atoms with Crippen LogP contribution in [-0.4, -0.2) is 25.1 Å². The number of methoxy groups -OCH3 is 2. The number of carbonyl (C=O) groups is 1. The minimum Gasteiger partial charge on any atom is -0.496 e. The van der Waals surface area contributed by atoms with Crippen molar-refractivity contribution >= 4 is 12.0 Å². The van der Waals surface area contributed by atoms with Gasteiger partial charge in [-0.15, -0.1) is 0 Å². The Balaban J connectivity index is 2.24. The number of nitrogens with one attached hydrogen (secondary N) is 1. The van der Waals surface area contributed by atoms with Crippen LogP contribution in [0.15, 0.2) is 42.2 Å². The average Bonchev–Trinajstić information content (AvgIpc) is 2.65. The highest BCUT2D eigenvalue weighted by atomic mass is 16.5. The molecule has 1 aromatic heterocycles. The van der Waals surface area contributed by atoms with Crippen molar-refractivity contribution in [3.63, 3.8) is 0 Å². The van der Waals surface area contributed by atoms with E-state index in [4.69, 9.17) is 9.47 Å². The van der Waals surface area contributed by atoms with Crippen LogP contribution in [0, 0.1) is 18.3 Å². The summed E-state index contributed by atoms with van der Waals surface area (Å²) in [4.78, 5) is 16.3. The number of ether oxygens (including phenoxy) is 2. The summed E-state index contributed by atoms with van der Waals surface area (Å²) in [5.41, 5.74) is 2.32. The van der Waals surface area contributed by atoms with Gasteiger partial charge in [0.2, 0.25) is 0 Å². The number of nitriles is 1. The zero-order valence-corrected chi connectivity index (χ0v) is 14.4. The van der Waals surface area contributed by atoms with Gasteiger partial charge in [-0.25, -0.2) is 0 Å². The van der Waals surface area contributed by atoms with Crippen LogP contribution in [0.4, 0.5) is 0 Å². The summed E-state index contributed by atoms with van der Waals surface area (Å²) < 4.78 is 10.6. The fraction of sp³-hybridized carbons (Fsp3) is 0.211. The first-order valence-corrected chi connectivity index (χ1v) is 7.60. The first-order valence-electron chi connectivity index (χ1n) is 7.60. The summed E-state index contributed by atoms with van der Waals surface area (Å²) in [6.07, 6.45) is 4.80. The fourth-order valence-corrected chi connectivity index (χ4v) is 2.27. The van der Waals surface area contributed by atoms with Crippen LogP contribution in [-0.2, 0) is 11.3 Å². The third-order valence-electron chi connectivity index (χ3n) is 3.59. The molecular weight excluding hydrogens is 318 g/mol. The number of amides is 1. The summed E-state index contributed by atoms with van der Waals surface area (Å²) in [5, 5.41) is 12.0. The van der Waals surface area contributed by atoms with E-state index in [0.29, 0.717) is 23.6 Å². The minimum atomic E-state index is -0.465. The molecule has 2 aromatic rings. The second-order valence-electron chi connectivity index (χ2n) is 5.28. The Kier molecular flexibility index (Phi) is 6.13. The van der Waals surface area contributed by atoms with Crippen molar-refractivity contribution in [2.45, 2.75) is 13.5 Å². The topological polar surface area (TPSA) is 84.2 Å². The Labute approximate surface area is 146 Å². The highest BCUT2D eigenvalue weighted by molar-refractivity contribution is 6.02. The Morgan fingerprint density at radius 1 is 1.32 bits per heavy atom. The molecular formula is C19H19N3O3. The second-order valence-corrected chi connectivity index (χ2v) is 5.28. The first kappa shape index (κ1) is 18.0. The van der Waals surface area contributed by atoms with E-state index in [-0.39, 0.29) is 5.57 Å². The second kappa shape index (κ2) is 8.50. The molecule has 0 radical (unpaired) electrons. The predicted molar refractivity (Wildman–Crippen MR) is 94.0 cm³/mol. The molecule has 0 saturated heterocycles. The first-order chi connectivity index (χ1) is 12.1. The molecule has 0 spiro atoms. The number of carbonyl (C=O) groups excluding carboxylic acids is 1. The van der Waals surface area contributed by atoms with Gasteiger partial charge in [0.1, 0.15) is 23.1 Å². The average molecular weight is 337 g/mol. The number of hydrogen-bond donors (Lipinski definition) is 1. The Morgan fingerprint density at radius 2 is 2.08 bits per heavy atom. The maximum absolute atomic E-state index is 12.3. The molecule has 0 unspecified atom stereocenters. The van der Waals surface area contributed by atoms with Crippen molar-refractivity contribution in [2.24, 2.45) is 0 Å². The Morgan fingerprint density at radius 3 is 2.68 bits per heavy atom. The largest absolute Gasteiger partial charge is 0.496 e. The van der Waals surface area contributed by atoms with Gasteiger partial charge in [0, 0.05) is 24.5 Å². The summed E-state index contributed by atoms with van der Waals surface area (Å²) in [5.74, 6) is 0.749. The Bertz CT molecular complexity index is 824. The lowest BCUT2D eigenvalue weighted by atomic mass is 10.1. The van der Waals surface area contributed by atoms with Crippen molar-refractivity contribution in [2.75, 3.05) is 14.2 Å². The molecule has 6 nitrogen and oxygen atoms in total. The predicted octanol–water partition coefficient (Wildman–Crippen LogP) is 2.63. The normalized spacial score (nSPS) is 10.7. The van der Waals surface area contributed by atoms with Gasteiger partial charge in [-0.3, -0.25) is 9.78 Å². The van der Waals surface area contributed by atoms with Crippen molar-refractivity contribution in [1.82, 2.24) is 10.3 Å². The van der Waals surface area contributed by atoms with E-state index in [0.717, 1.165) is 11.1 Å². The monoisotopic (exact) mass is 337 g/mol. The molecule has 0 aliphatic heterocycles. The molecule has 0 fully saturated rings. The Hall–Kier alpha value is -3.33. The lowest BCUT2D eigenvalue weighted by Gasteiger charge is -2.11. The lowest BCUT2D eigenvalue weighted by molar-refractivity contribution is -0.117. The molecule has 0 bridgehead atoms. The molecule has 1 N–H and O–H groups in total. The quantitative estimate of drug-likeness (QED) is 0.647. The molecule has 0 aliphatic carbocycles. The van der Waals surface area contributed by atoms with Crippen molar-refractivity contribution in [3.05, 3.63) is 58.9 Å². The van der Waals surface area contributed by atoms with Gasteiger partial charge in [-0.1, -0.05) is 6.07 Å². The standard InChI is InChI=1S/C19H19N3O3/c1-13-7-18(25-3)15(9-17(13)24-2)8-16(10-20)19(23)22-12-14-5-4-6-21-11-14/h4-9,11H,12H2,1-3H3,(H,22,23)/b16-8+. The molecule has 1 aromatic carbocycles. The van der Waals surface area contributed by atoms with Gasteiger partial charge in [-0.2, -0.15) is 5.26 Å². The minimum absolute atomic E-state index is 0.0203. The number of aromatic nitrogens is 1. The summed E-state index contributed by atoms with van der Waals surface area (Å²) in [6, 6.07) is 9.09. The van der Waals surface area contributed by atoms with E-state index >= 15 is 0 Å². The van der Waals surface area contributed by atoms with E-state index in [9.17, 15) is 10.1 Å². The van der Waals surface area contributed by atoms with E-state index in [1.807, 2.05) is 19.1 Å². The van der Waals surface area contributed by atoms with E-state index in [1.165, 1.54) is 13.2 Å². The number of nitrogens with zero attached hydrogens (tertiary/aromatic N) is 2. The number of hydrogen-bond acceptors (Lipinski definition) is 5.